The van der Waals surface area contributed by atoms with Gasteiger partial charge < -0.3 is 9.88 Å². The Kier molecular flexibility index (Phi) is 4.99. The Morgan fingerprint density at radius 2 is 1.96 bits per heavy atom. The second-order valence-electron chi connectivity index (χ2n) is 6.45. The number of halogens is 1. The molecule has 25 heavy (non-hydrogen) atoms. The van der Waals surface area contributed by atoms with E-state index in [0.29, 0.717) is 5.25 Å². The molecule has 0 aliphatic carbocycles. The number of hydrogen-bond donors (Lipinski definition) is 1. The SMILES string of the molecule is Fc1ccc(CCN2CCC(Sc3nc4ncccc4[nH]3)CC2)cc1. The average Bonchev–Trinajstić information content (AvgIpc) is 3.05. The molecule has 1 aliphatic rings. The molecule has 1 N–H and O–H groups in total. The highest BCUT2D eigenvalue weighted by atomic mass is 32.2. The third-order valence-electron chi connectivity index (χ3n) is 4.68. The van der Waals surface area contributed by atoms with Crippen LogP contribution in [-0.4, -0.2) is 44.7 Å². The molecule has 4 rings (SSSR count). The van der Waals surface area contributed by atoms with E-state index in [1.807, 2.05) is 36.0 Å². The van der Waals surface area contributed by atoms with Crippen LogP contribution in [-0.2, 0) is 6.42 Å². The Balaban J connectivity index is 1.25. The van der Waals surface area contributed by atoms with Crippen molar-refractivity contribution in [3.8, 4) is 0 Å². The molecular formula is C19H21FN4S. The van der Waals surface area contributed by atoms with Gasteiger partial charge in [0.15, 0.2) is 10.8 Å². The van der Waals surface area contributed by atoms with E-state index in [0.717, 1.165) is 42.4 Å². The minimum absolute atomic E-state index is 0.164. The number of hydrogen-bond acceptors (Lipinski definition) is 4. The lowest BCUT2D eigenvalue weighted by Gasteiger charge is -2.31. The van der Waals surface area contributed by atoms with Crippen LogP contribution in [0.5, 0.6) is 0 Å². The topological polar surface area (TPSA) is 44.8 Å². The van der Waals surface area contributed by atoms with Gasteiger partial charge in [0.1, 0.15) is 5.82 Å². The Morgan fingerprint density at radius 1 is 1.16 bits per heavy atom. The fourth-order valence-electron chi connectivity index (χ4n) is 3.23. The van der Waals surface area contributed by atoms with Crippen molar-refractivity contribution in [2.45, 2.75) is 29.7 Å². The first-order valence-corrected chi connectivity index (χ1v) is 9.58. The van der Waals surface area contributed by atoms with Gasteiger partial charge in [-0.2, -0.15) is 0 Å². The summed E-state index contributed by atoms with van der Waals surface area (Å²) in [5.74, 6) is -0.164. The molecule has 130 valence electrons. The van der Waals surface area contributed by atoms with E-state index < -0.39 is 0 Å². The number of pyridine rings is 1. The number of H-pyrrole nitrogens is 1. The van der Waals surface area contributed by atoms with Gasteiger partial charge in [-0.15, -0.1) is 0 Å². The zero-order chi connectivity index (χ0) is 17.1. The van der Waals surface area contributed by atoms with Gasteiger partial charge in [-0.3, -0.25) is 0 Å². The number of likely N-dealkylation sites (tertiary alicyclic amines) is 1. The van der Waals surface area contributed by atoms with Gasteiger partial charge in [-0.05, 0) is 62.2 Å². The maximum absolute atomic E-state index is 12.9. The van der Waals surface area contributed by atoms with E-state index in [1.54, 1.807) is 18.3 Å². The van der Waals surface area contributed by atoms with Crippen LogP contribution in [0.3, 0.4) is 0 Å². The number of benzene rings is 1. The highest BCUT2D eigenvalue weighted by Crippen LogP contribution is 2.29. The first-order chi connectivity index (χ1) is 12.3. The monoisotopic (exact) mass is 356 g/mol. The summed E-state index contributed by atoms with van der Waals surface area (Å²) >= 11 is 1.83. The fourth-order valence-corrected chi connectivity index (χ4v) is 4.30. The number of aromatic amines is 1. The first kappa shape index (κ1) is 16.5. The van der Waals surface area contributed by atoms with Crippen LogP contribution >= 0.6 is 11.8 Å². The number of nitrogens with zero attached hydrogens (tertiary/aromatic N) is 3. The highest BCUT2D eigenvalue weighted by Gasteiger charge is 2.21. The van der Waals surface area contributed by atoms with E-state index in [4.69, 9.17) is 0 Å². The van der Waals surface area contributed by atoms with E-state index in [1.165, 1.54) is 18.4 Å². The third-order valence-corrected chi connectivity index (χ3v) is 5.90. The molecule has 0 saturated carbocycles. The molecule has 6 heteroatoms. The summed E-state index contributed by atoms with van der Waals surface area (Å²) in [6.45, 7) is 3.26. The van der Waals surface area contributed by atoms with Gasteiger partial charge in [-0.25, -0.2) is 14.4 Å². The quantitative estimate of drug-likeness (QED) is 0.753. The lowest BCUT2D eigenvalue weighted by molar-refractivity contribution is 0.235. The zero-order valence-corrected chi connectivity index (χ0v) is 14.8. The summed E-state index contributed by atoms with van der Waals surface area (Å²) < 4.78 is 12.9. The smallest absolute Gasteiger partial charge is 0.178 e. The molecule has 0 spiro atoms. The van der Waals surface area contributed by atoms with Crippen molar-refractivity contribution in [2.75, 3.05) is 19.6 Å². The largest absolute Gasteiger partial charge is 0.332 e. The number of piperidine rings is 1. The molecule has 0 radical (unpaired) electrons. The molecule has 3 heterocycles. The summed E-state index contributed by atoms with van der Waals surface area (Å²) in [4.78, 5) is 14.7. The minimum atomic E-state index is -0.164. The summed E-state index contributed by atoms with van der Waals surface area (Å²) in [7, 11) is 0. The molecular weight excluding hydrogens is 335 g/mol. The fraction of sp³-hybridized carbons (Fsp3) is 0.368. The Bertz CT molecular complexity index is 792. The molecule has 3 aromatic rings. The summed E-state index contributed by atoms with van der Waals surface area (Å²) in [5.41, 5.74) is 3.00. The standard InChI is InChI=1S/C19H21FN4S/c20-15-5-3-14(4-6-15)7-11-24-12-8-16(9-13-24)25-19-22-17-2-1-10-21-18(17)23-19/h1-6,10,16H,7-9,11-13H2,(H,21,22,23). The van der Waals surface area contributed by atoms with Crippen LogP contribution in [0.15, 0.2) is 47.8 Å². The van der Waals surface area contributed by atoms with Gasteiger partial charge in [0.05, 0.1) is 5.52 Å². The summed E-state index contributed by atoms with van der Waals surface area (Å²) in [5, 5.41) is 1.57. The van der Waals surface area contributed by atoms with E-state index in [9.17, 15) is 4.39 Å². The van der Waals surface area contributed by atoms with Crippen molar-refractivity contribution in [1.29, 1.82) is 0 Å². The molecule has 2 aromatic heterocycles. The Morgan fingerprint density at radius 3 is 2.72 bits per heavy atom. The zero-order valence-electron chi connectivity index (χ0n) is 14.0. The maximum atomic E-state index is 12.9. The Labute approximate surface area is 150 Å². The molecule has 0 atom stereocenters. The Hall–Kier alpha value is -1.92. The predicted molar refractivity (Wildman–Crippen MR) is 99.3 cm³/mol. The third kappa shape index (κ3) is 4.19. The molecule has 0 amide bonds. The summed E-state index contributed by atoms with van der Waals surface area (Å²) in [6.07, 6.45) is 5.08. The normalized spacial score (nSPS) is 16.5. The molecule has 1 aliphatic heterocycles. The number of aromatic nitrogens is 3. The molecule has 1 fully saturated rings. The van der Waals surface area contributed by atoms with E-state index in [-0.39, 0.29) is 5.82 Å². The first-order valence-electron chi connectivity index (χ1n) is 8.70. The van der Waals surface area contributed by atoms with Crippen LogP contribution in [0.4, 0.5) is 4.39 Å². The van der Waals surface area contributed by atoms with Crippen molar-refractivity contribution in [2.24, 2.45) is 0 Å². The highest BCUT2D eigenvalue weighted by molar-refractivity contribution is 7.99. The van der Waals surface area contributed by atoms with Gasteiger partial charge in [0.25, 0.3) is 0 Å². The van der Waals surface area contributed by atoms with Gasteiger partial charge in [0, 0.05) is 18.0 Å². The second kappa shape index (κ2) is 7.54. The van der Waals surface area contributed by atoms with E-state index in [2.05, 4.69) is 19.9 Å². The number of nitrogens with one attached hydrogen (secondary N) is 1. The van der Waals surface area contributed by atoms with Crippen LogP contribution in [0.1, 0.15) is 18.4 Å². The van der Waals surface area contributed by atoms with Crippen LogP contribution in [0.2, 0.25) is 0 Å². The molecule has 0 bridgehead atoms. The molecule has 1 saturated heterocycles. The van der Waals surface area contributed by atoms with Crippen molar-refractivity contribution in [3.63, 3.8) is 0 Å². The lowest BCUT2D eigenvalue weighted by atomic mass is 10.1. The minimum Gasteiger partial charge on any atom is -0.332 e. The maximum Gasteiger partial charge on any atom is 0.178 e. The number of fused-ring (bicyclic) bond motifs is 1. The number of rotatable bonds is 5. The van der Waals surface area contributed by atoms with Crippen LogP contribution < -0.4 is 0 Å². The van der Waals surface area contributed by atoms with Crippen molar-refractivity contribution >= 4 is 22.9 Å². The van der Waals surface area contributed by atoms with Gasteiger partial charge in [-0.1, -0.05) is 23.9 Å². The molecule has 1 aromatic carbocycles. The number of imidazole rings is 1. The number of thioether (sulfide) groups is 1. The van der Waals surface area contributed by atoms with E-state index >= 15 is 0 Å². The van der Waals surface area contributed by atoms with Crippen molar-refractivity contribution in [3.05, 3.63) is 54.0 Å². The summed E-state index contributed by atoms with van der Waals surface area (Å²) in [6, 6.07) is 10.8. The van der Waals surface area contributed by atoms with Crippen molar-refractivity contribution in [1.82, 2.24) is 19.9 Å². The predicted octanol–water partition coefficient (Wildman–Crippen LogP) is 3.90. The van der Waals surface area contributed by atoms with Crippen LogP contribution in [0, 0.1) is 5.82 Å². The molecule has 0 unspecified atom stereocenters. The molecule has 4 nitrogen and oxygen atoms in total. The van der Waals surface area contributed by atoms with Gasteiger partial charge in [0.2, 0.25) is 0 Å². The second-order valence-corrected chi connectivity index (χ2v) is 7.74. The van der Waals surface area contributed by atoms with Gasteiger partial charge >= 0.3 is 0 Å². The lowest BCUT2D eigenvalue weighted by Crippen LogP contribution is -2.36. The average molecular weight is 356 g/mol. The van der Waals surface area contributed by atoms with Crippen LogP contribution in [0.25, 0.3) is 11.2 Å². The van der Waals surface area contributed by atoms with Crippen molar-refractivity contribution < 1.29 is 4.39 Å².